The second kappa shape index (κ2) is 9.72. The highest BCUT2D eigenvalue weighted by molar-refractivity contribution is 9.10. The highest BCUT2D eigenvalue weighted by Gasteiger charge is 2.30. The van der Waals surface area contributed by atoms with E-state index in [9.17, 15) is 18.0 Å². The van der Waals surface area contributed by atoms with Gasteiger partial charge in [0.15, 0.2) is 0 Å². The van der Waals surface area contributed by atoms with Gasteiger partial charge in [0.2, 0.25) is 15.9 Å². The molecule has 0 aliphatic carbocycles. The fourth-order valence-corrected chi connectivity index (χ4v) is 5.13. The zero-order valence-electron chi connectivity index (χ0n) is 16.7. The number of hydrogen-bond acceptors (Lipinski definition) is 4. The highest BCUT2D eigenvalue weighted by Crippen LogP contribution is 2.21. The van der Waals surface area contributed by atoms with E-state index in [-0.39, 0.29) is 35.4 Å². The zero-order valence-corrected chi connectivity index (χ0v) is 19.1. The molecule has 1 aliphatic rings. The van der Waals surface area contributed by atoms with Gasteiger partial charge in [-0.05, 0) is 42.8 Å². The molecular formula is C21H24BrN3O4S. The monoisotopic (exact) mass is 493 g/mol. The molecule has 2 amide bonds. The highest BCUT2D eigenvalue weighted by atomic mass is 79.9. The maximum atomic E-state index is 13.1. The van der Waals surface area contributed by atoms with E-state index in [4.69, 9.17) is 0 Å². The van der Waals surface area contributed by atoms with Crippen molar-refractivity contribution in [2.24, 2.45) is 0 Å². The number of sulfonamides is 1. The van der Waals surface area contributed by atoms with Crippen LogP contribution in [0.15, 0.2) is 57.9 Å². The lowest BCUT2D eigenvalue weighted by molar-refractivity contribution is -0.132. The van der Waals surface area contributed by atoms with E-state index < -0.39 is 10.0 Å². The predicted octanol–water partition coefficient (Wildman–Crippen LogP) is 3.33. The van der Waals surface area contributed by atoms with Crippen molar-refractivity contribution < 1.29 is 18.0 Å². The average Bonchev–Trinajstić information content (AvgIpc) is 2.74. The van der Waals surface area contributed by atoms with Gasteiger partial charge < -0.3 is 10.2 Å². The van der Waals surface area contributed by atoms with E-state index >= 15 is 0 Å². The molecule has 0 bridgehead atoms. The number of carbonyl (C=O) groups excluding carboxylic acids is 2. The van der Waals surface area contributed by atoms with Crippen LogP contribution < -0.4 is 5.32 Å². The van der Waals surface area contributed by atoms with Crippen molar-refractivity contribution in [2.75, 3.05) is 31.5 Å². The summed E-state index contributed by atoms with van der Waals surface area (Å²) in [6.07, 6.45) is 1.24. The lowest BCUT2D eigenvalue weighted by atomic mass is 10.2. The van der Waals surface area contributed by atoms with Gasteiger partial charge in [-0.25, -0.2) is 8.42 Å². The van der Waals surface area contributed by atoms with E-state index in [0.29, 0.717) is 25.2 Å². The van der Waals surface area contributed by atoms with Crippen molar-refractivity contribution in [2.45, 2.75) is 24.7 Å². The second-order valence-electron chi connectivity index (χ2n) is 7.03. The fourth-order valence-electron chi connectivity index (χ4n) is 3.27. The molecule has 0 aromatic heterocycles. The standard InChI is InChI=1S/C21H24BrN3O4S/c1-2-5-20(26)24-10-12-25(13-11-24)30(28,29)19-9-3-6-16(14-19)21(27)23-18-8-4-7-17(22)15-18/h3-4,6-9,14-15H,2,5,10-13H2,1H3,(H,23,27). The molecule has 9 heteroatoms. The van der Waals surface area contributed by atoms with Crippen LogP contribution in [0.4, 0.5) is 5.69 Å². The Hall–Kier alpha value is -2.23. The van der Waals surface area contributed by atoms with Gasteiger partial charge in [0.05, 0.1) is 4.90 Å². The van der Waals surface area contributed by atoms with Crippen molar-refractivity contribution in [1.82, 2.24) is 9.21 Å². The van der Waals surface area contributed by atoms with Crippen LogP contribution in [0.1, 0.15) is 30.1 Å². The Morgan fingerprint density at radius 2 is 1.73 bits per heavy atom. The van der Waals surface area contributed by atoms with Crippen LogP contribution in [0.5, 0.6) is 0 Å². The number of piperazine rings is 1. The number of rotatable bonds is 6. The Morgan fingerprint density at radius 1 is 1.03 bits per heavy atom. The zero-order chi connectivity index (χ0) is 21.7. The number of halogens is 1. The molecule has 3 rings (SSSR count). The molecule has 0 atom stereocenters. The third kappa shape index (κ3) is 5.27. The minimum Gasteiger partial charge on any atom is -0.340 e. The van der Waals surface area contributed by atoms with Crippen molar-refractivity contribution in [3.63, 3.8) is 0 Å². The van der Waals surface area contributed by atoms with Crippen LogP contribution in [0, 0.1) is 0 Å². The lowest BCUT2D eigenvalue weighted by Gasteiger charge is -2.34. The van der Waals surface area contributed by atoms with Gasteiger partial charge in [-0.15, -0.1) is 0 Å². The summed E-state index contributed by atoms with van der Waals surface area (Å²) in [5.41, 5.74) is 0.864. The molecule has 30 heavy (non-hydrogen) atoms. The second-order valence-corrected chi connectivity index (χ2v) is 9.88. The van der Waals surface area contributed by atoms with Crippen LogP contribution in [-0.2, 0) is 14.8 Å². The Balaban J connectivity index is 1.71. The molecule has 1 aliphatic heterocycles. The maximum Gasteiger partial charge on any atom is 0.255 e. The molecule has 2 aromatic rings. The molecule has 0 spiro atoms. The van der Waals surface area contributed by atoms with Crippen LogP contribution in [-0.4, -0.2) is 55.6 Å². The first kappa shape index (κ1) is 22.5. The number of nitrogens with zero attached hydrogens (tertiary/aromatic N) is 2. The first-order valence-electron chi connectivity index (χ1n) is 9.76. The van der Waals surface area contributed by atoms with Crippen molar-refractivity contribution in [3.8, 4) is 0 Å². The number of nitrogens with one attached hydrogen (secondary N) is 1. The third-order valence-corrected chi connectivity index (χ3v) is 7.26. The summed E-state index contributed by atoms with van der Waals surface area (Å²) in [5.74, 6) is -0.333. The molecule has 0 saturated carbocycles. The molecular weight excluding hydrogens is 470 g/mol. The van der Waals surface area contributed by atoms with Gasteiger partial charge in [0, 0.05) is 48.3 Å². The molecule has 2 aromatic carbocycles. The van der Waals surface area contributed by atoms with Crippen molar-refractivity contribution >= 4 is 43.5 Å². The van der Waals surface area contributed by atoms with E-state index in [1.807, 2.05) is 13.0 Å². The summed E-state index contributed by atoms with van der Waals surface area (Å²) in [4.78, 5) is 26.4. The smallest absolute Gasteiger partial charge is 0.255 e. The van der Waals surface area contributed by atoms with E-state index in [0.717, 1.165) is 10.9 Å². The molecule has 160 valence electrons. The van der Waals surface area contributed by atoms with Gasteiger partial charge >= 0.3 is 0 Å². The van der Waals surface area contributed by atoms with Gasteiger partial charge in [0.1, 0.15) is 0 Å². The number of hydrogen-bond donors (Lipinski definition) is 1. The summed E-state index contributed by atoms with van der Waals surface area (Å²) in [6.45, 7) is 3.18. The maximum absolute atomic E-state index is 13.1. The van der Waals surface area contributed by atoms with E-state index in [2.05, 4.69) is 21.2 Å². The molecule has 1 N–H and O–H groups in total. The molecule has 0 unspecified atom stereocenters. The van der Waals surface area contributed by atoms with Crippen LogP contribution in [0.3, 0.4) is 0 Å². The Bertz CT molecular complexity index is 1030. The number of benzene rings is 2. The van der Waals surface area contributed by atoms with Gasteiger partial charge in [-0.2, -0.15) is 4.31 Å². The van der Waals surface area contributed by atoms with Crippen molar-refractivity contribution in [3.05, 3.63) is 58.6 Å². The van der Waals surface area contributed by atoms with Crippen LogP contribution >= 0.6 is 15.9 Å². The topological polar surface area (TPSA) is 86.8 Å². The normalized spacial score (nSPS) is 15.1. The molecule has 0 radical (unpaired) electrons. The number of amides is 2. The lowest BCUT2D eigenvalue weighted by Crippen LogP contribution is -2.50. The summed E-state index contributed by atoms with van der Waals surface area (Å²) < 4.78 is 28.3. The Morgan fingerprint density at radius 3 is 2.40 bits per heavy atom. The van der Waals surface area contributed by atoms with Crippen LogP contribution in [0.2, 0.25) is 0 Å². The van der Waals surface area contributed by atoms with Crippen molar-refractivity contribution in [1.29, 1.82) is 0 Å². The average molecular weight is 494 g/mol. The molecule has 1 fully saturated rings. The Labute approximate surface area is 185 Å². The first-order valence-corrected chi connectivity index (χ1v) is 12.0. The van der Waals surface area contributed by atoms with Gasteiger partial charge in [-0.3, -0.25) is 9.59 Å². The summed E-state index contributed by atoms with van der Waals surface area (Å²) in [6, 6.07) is 13.2. The molecule has 7 nitrogen and oxygen atoms in total. The molecule has 1 saturated heterocycles. The minimum atomic E-state index is -3.75. The fraction of sp³-hybridized carbons (Fsp3) is 0.333. The summed E-state index contributed by atoms with van der Waals surface area (Å²) in [5, 5.41) is 2.77. The SMILES string of the molecule is CCCC(=O)N1CCN(S(=O)(=O)c2cccc(C(=O)Nc3cccc(Br)c3)c2)CC1. The third-order valence-electron chi connectivity index (χ3n) is 4.87. The minimum absolute atomic E-state index is 0.0563. The van der Waals surface area contributed by atoms with E-state index in [1.165, 1.54) is 16.4 Å². The van der Waals surface area contributed by atoms with Gasteiger partial charge in [0.25, 0.3) is 5.91 Å². The summed E-state index contributed by atoms with van der Waals surface area (Å²) >= 11 is 3.35. The Kier molecular flexibility index (Phi) is 7.27. The van der Waals surface area contributed by atoms with Gasteiger partial charge in [-0.1, -0.05) is 35.0 Å². The van der Waals surface area contributed by atoms with Crippen LogP contribution in [0.25, 0.3) is 0 Å². The number of carbonyl (C=O) groups is 2. The number of anilines is 1. The largest absolute Gasteiger partial charge is 0.340 e. The quantitative estimate of drug-likeness (QED) is 0.668. The predicted molar refractivity (Wildman–Crippen MR) is 119 cm³/mol. The summed E-state index contributed by atoms with van der Waals surface area (Å²) in [7, 11) is -3.75. The first-order chi connectivity index (χ1) is 14.3. The van der Waals surface area contributed by atoms with E-state index in [1.54, 1.807) is 35.2 Å². The molecule has 1 heterocycles.